The number of imidazole rings is 1. The first kappa shape index (κ1) is 21.5. The number of fused-ring (bicyclic) bond motifs is 1. The maximum Gasteiger partial charge on any atom is 0.193 e. The molecule has 3 aromatic rings. The van der Waals surface area contributed by atoms with Crippen molar-refractivity contribution in [1.82, 2.24) is 20.2 Å². The Hall–Kier alpha value is -3.22. The highest BCUT2D eigenvalue weighted by Crippen LogP contribution is 2.27. The monoisotopic (exact) mass is 409 g/mol. The molecule has 0 saturated carbocycles. The van der Waals surface area contributed by atoms with E-state index >= 15 is 0 Å². The predicted molar refractivity (Wildman–Crippen MR) is 122 cm³/mol. The number of likely N-dealkylation sites (N-methyl/N-ethyl adjacent to an activating group) is 1. The molecule has 0 atom stereocenters. The third kappa shape index (κ3) is 5.43. The molecule has 7 nitrogen and oxygen atoms in total. The second-order valence-electron chi connectivity index (χ2n) is 7.14. The number of para-hydroxylation sites is 2. The summed E-state index contributed by atoms with van der Waals surface area (Å²) in [5.74, 6) is 3.41. The number of hydrogen-bond donors (Lipinski definition) is 2. The van der Waals surface area contributed by atoms with Gasteiger partial charge in [0.15, 0.2) is 17.5 Å². The quantitative estimate of drug-likeness (QED) is 0.322. The van der Waals surface area contributed by atoms with Crippen LogP contribution in [0.4, 0.5) is 0 Å². The van der Waals surface area contributed by atoms with Crippen molar-refractivity contribution in [1.29, 1.82) is 0 Å². The lowest BCUT2D eigenvalue weighted by Crippen LogP contribution is -2.40. The first-order chi connectivity index (χ1) is 14.6. The number of aromatic amines is 1. The number of rotatable bonds is 9. The van der Waals surface area contributed by atoms with E-state index in [4.69, 9.17) is 9.47 Å². The van der Waals surface area contributed by atoms with E-state index in [1.165, 1.54) is 5.56 Å². The lowest BCUT2D eigenvalue weighted by Gasteiger charge is -2.22. The van der Waals surface area contributed by atoms with Crippen molar-refractivity contribution in [2.24, 2.45) is 4.99 Å². The fourth-order valence-corrected chi connectivity index (χ4v) is 3.40. The standard InChI is InChI=1S/C23H31N5O2/c1-24-23(25-14-7-10-22-26-18-8-5-6-9-19(18)27-22)28(2)15-13-17-11-12-20(29-3)21(16-17)30-4/h5-6,8-9,11-12,16H,7,10,13-15H2,1-4H3,(H,24,25)(H,26,27). The van der Waals surface area contributed by atoms with Crippen LogP contribution < -0.4 is 14.8 Å². The van der Waals surface area contributed by atoms with Gasteiger partial charge >= 0.3 is 0 Å². The van der Waals surface area contributed by atoms with E-state index in [9.17, 15) is 0 Å². The molecule has 160 valence electrons. The van der Waals surface area contributed by atoms with Crippen molar-refractivity contribution < 1.29 is 9.47 Å². The predicted octanol–water partition coefficient (Wildman–Crippen LogP) is 3.26. The first-order valence-electron chi connectivity index (χ1n) is 10.2. The third-order valence-corrected chi connectivity index (χ3v) is 5.07. The number of benzene rings is 2. The Morgan fingerprint density at radius 3 is 2.63 bits per heavy atom. The summed E-state index contributed by atoms with van der Waals surface area (Å²) in [6.45, 7) is 1.68. The molecule has 0 saturated heterocycles. The highest BCUT2D eigenvalue weighted by Gasteiger charge is 2.09. The van der Waals surface area contributed by atoms with Crippen molar-refractivity contribution >= 4 is 17.0 Å². The fourth-order valence-electron chi connectivity index (χ4n) is 3.40. The summed E-state index contributed by atoms with van der Waals surface area (Å²) in [7, 11) is 7.17. The van der Waals surface area contributed by atoms with E-state index in [2.05, 4.69) is 44.4 Å². The molecule has 0 amide bonds. The number of aliphatic imine (C=N–C) groups is 1. The van der Waals surface area contributed by atoms with Gasteiger partial charge in [-0.25, -0.2) is 4.98 Å². The Morgan fingerprint density at radius 1 is 1.10 bits per heavy atom. The minimum Gasteiger partial charge on any atom is -0.493 e. The van der Waals surface area contributed by atoms with Crippen LogP contribution in [-0.2, 0) is 12.8 Å². The van der Waals surface area contributed by atoms with Gasteiger partial charge in [-0.15, -0.1) is 0 Å². The zero-order chi connectivity index (χ0) is 21.3. The zero-order valence-corrected chi connectivity index (χ0v) is 18.2. The molecule has 0 spiro atoms. The molecule has 2 N–H and O–H groups in total. The molecule has 0 aliphatic rings. The van der Waals surface area contributed by atoms with Gasteiger partial charge in [-0.3, -0.25) is 4.99 Å². The summed E-state index contributed by atoms with van der Waals surface area (Å²) in [6.07, 6.45) is 2.76. The van der Waals surface area contributed by atoms with Crippen LogP contribution >= 0.6 is 0 Å². The molecule has 7 heteroatoms. The highest BCUT2D eigenvalue weighted by molar-refractivity contribution is 5.79. The summed E-state index contributed by atoms with van der Waals surface area (Å²) < 4.78 is 10.7. The Morgan fingerprint density at radius 2 is 1.90 bits per heavy atom. The van der Waals surface area contributed by atoms with Gasteiger partial charge in [0.05, 0.1) is 25.3 Å². The van der Waals surface area contributed by atoms with Crippen LogP contribution in [0.1, 0.15) is 17.8 Å². The highest BCUT2D eigenvalue weighted by atomic mass is 16.5. The molecule has 1 aromatic heterocycles. The molecule has 2 aromatic carbocycles. The SMILES string of the molecule is CN=C(NCCCc1nc2ccccc2[nH]1)N(C)CCc1ccc(OC)c(OC)c1. The van der Waals surface area contributed by atoms with Crippen molar-refractivity contribution in [2.75, 3.05) is 41.4 Å². The Bertz CT molecular complexity index is 950. The van der Waals surface area contributed by atoms with Crippen molar-refractivity contribution in [2.45, 2.75) is 19.3 Å². The zero-order valence-electron chi connectivity index (χ0n) is 18.2. The number of nitrogens with zero attached hydrogens (tertiary/aromatic N) is 3. The van der Waals surface area contributed by atoms with Crippen molar-refractivity contribution in [3.63, 3.8) is 0 Å². The van der Waals surface area contributed by atoms with E-state index in [0.717, 1.165) is 66.7 Å². The molecule has 0 radical (unpaired) electrons. The molecule has 0 aliphatic heterocycles. The number of aryl methyl sites for hydroxylation is 1. The number of methoxy groups -OCH3 is 2. The lowest BCUT2D eigenvalue weighted by atomic mass is 10.1. The third-order valence-electron chi connectivity index (χ3n) is 5.07. The molecule has 0 bridgehead atoms. The minimum absolute atomic E-state index is 0.747. The van der Waals surface area contributed by atoms with Crippen LogP contribution in [0.3, 0.4) is 0 Å². The minimum atomic E-state index is 0.747. The number of guanidine groups is 1. The summed E-state index contributed by atoms with van der Waals surface area (Å²) >= 11 is 0. The Balaban J connectivity index is 1.45. The molecule has 0 unspecified atom stereocenters. The number of ether oxygens (including phenoxy) is 2. The summed E-state index contributed by atoms with van der Waals surface area (Å²) in [4.78, 5) is 14.5. The van der Waals surface area contributed by atoms with Gasteiger partial charge in [0.1, 0.15) is 5.82 Å². The lowest BCUT2D eigenvalue weighted by molar-refractivity contribution is 0.354. The summed E-state index contributed by atoms with van der Waals surface area (Å²) in [5, 5.41) is 3.44. The van der Waals surface area contributed by atoms with E-state index in [-0.39, 0.29) is 0 Å². The van der Waals surface area contributed by atoms with Crippen LogP contribution in [-0.4, -0.2) is 62.2 Å². The number of nitrogens with one attached hydrogen (secondary N) is 2. The molecule has 1 heterocycles. The van der Waals surface area contributed by atoms with Crippen LogP contribution in [0.25, 0.3) is 11.0 Å². The van der Waals surface area contributed by atoms with Crippen LogP contribution in [0.5, 0.6) is 11.5 Å². The van der Waals surface area contributed by atoms with Crippen LogP contribution in [0.2, 0.25) is 0 Å². The smallest absolute Gasteiger partial charge is 0.193 e. The van der Waals surface area contributed by atoms with Crippen LogP contribution in [0.15, 0.2) is 47.5 Å². The van der Waals surface area contributed by atoms with E-state index in [1.54, 1.807) is 14.2 Å². The number of H-pyrrole nitrogens is 1. The van der Waals surface area contributed by atoms with E-state index < -0.39 is 0 Å². The molecule has 0 fully saturated rings. The average molecular weight is 410 g/mol. The molecular weight excluding hydrogens is 378 g/mol. The normalized spacial score (nSPS) is 11.5. The van der Waals surface area contributed by atoms with E-state index in [1.807, 2.05) is 37.4 Å². The number of hydrogen-bond acceptors (Lipinski definition) is 4. The Kier molecular flexibility index (Phi) is 7.54. The van der Waals surface area contributed by atoms with Gasteiger partial charge in [0.25, 0.3) is 0 Å². The van der Waals surface area contributed by atoms with Crippen molar-refractivity contribution in [3.8, 4) is 11.5 Å². The first-order valence-corrected chi connectivity index (χ1v) is 10.2. The van der Waals surface area contributed by atoms with Gasteiger partial charge in [0.2, 0.25) is 0 Å². The largest absolute Gasteiger partial charge is 0.493 e. The summed E-state index contributed by atoms with van der Waals surface area (Å²) in [6, 6.07) is 14.2. The van der Waals surface area contributed by atoms with Gasteiger partial charge in [-0.1, -0.05) is 18.2 Å². The van der Waals surface area contributed by atoms with Crippen LogP contribution in [0, 0.1) is 0 Å². The fraction of sp³-hybridized carbons (Fsp3) is 0.391. The molecular formula is C23H31N5O2. The summed E-state index contributed by atoms with van der Waals surface area (Å²) in [5.41, 5.74) is 3.30. The Labute approximate surface area is 178 Å². The van der Waals surface area contributed by atoms with Gasteiger partial charge in [0, 0.05) is 33.6 Å². The maximum atomic E-state index is 5.39. The number of aromatic nitrogens is 2. The second kappa shape index (κ2) is 10.5. The van der Waals surface area contributed by atoms with E-state index in [0.29, 0.717) is 0 Å². The average Bonchev–Trinajstić information content (AvgIpc) is 3.20. The molecule has 30 heavy (non-hydrogen) atoms. The second-order valence-corrected chi connectivity index (χ2v) is 7.14. The van der Waals surface area contributed by atoms with Gasteiger partial charge in [-0.05, 0) is 42.7 Å². The molecule has 3 rings (SSSR count). The topological polar surface area (TPSA) is 74.8 Å². The molecule has 0 aliphatic carbocycles. The maximum absolute atomic E-state index is 5.39. The van der Waals surface area contributed by atoms with Gasteiger partial charge in [-0.2, -0.15) is 0 Å². The van der Waals surface area contributed by atoms with Gasteiger partial charge < -0.3 is 24.7 Å². The van der Waals surface area contributed by atoms with Crippen molar-refractivity contribution in [3.05, 3.63) is 53.9 Å².